The lowest BCUT2D eigenvalue weighted by Crippen LogP contribution is -2.26. The first kappa shape index (κ1) is 15.7. The number of benzene rings is 2. The minimum Gasteiger partial charge on any atom is -0.325 e. The highest BCUT2D eigenvalue weighted by Crippen LogP contribution is 2.43. The van der Waals surface area contributed by atoms with E-state index < -0.39 is 0 Å². The van der Waals surface area contributed by atoms with E-state index in [2.05, 4.69) is 43.2 Å². The second-order valence-corrected chi connectivity index (χ2v) is 7.55. The van der Waals surface area contributed by atoms with Crippen LogP contribution in [0.25, 0.3) is 16.7 Å². The van der Waals surface area contributed by atoms with Gasteiger partial charge in [-0.1, -0.05) is 34.1 Å². The van der Waals surface area contributed by atoms with Crippen LogP contribution in [0.4, 0.5) is 15.9 Å². The predicted octanol–water partition coefficient (Wildman–Crippen LogP) is 4.70. The number of para-hydroxylation sites is 1. The van der Waals surface area contributed by atoms with Crippen LogP contribution in [-0.4, -0.2) is 26.1 Å². The van der Waals surface area contributed by atoms with Crippen molar-refractivity contribution in [2.24, 2.45) is 0 Å². The molecule has 130 valence electrons. The Morgan fingerprint density at radius 3 is 2.88 bits per heavy atom. The van der Waals surface area contributed by atoms with Crippen molar-refractivity contribution in [3.63, 3.8) is 0 Å². The third kappa shape index (κ3) is 2.23. The summed E-state index contributed by atoms with van der Waals surface area (Å²) < 4.78 is 15.9. The number of alkyl halides is 1. The molecule has 2 aromatic carbocycles. The molecule has 0 N–H and O–H groups in total. The summed E-state index contributed by atoms with van der Waals surface area (Å²) >= 11 is 3.76. The standard InChI is InChI=1S/C19H15BrFN5/c1-11-23-24-19-22-18(14-10-12(21)6-7-17(14)26(11)19)25-9-8-15(20)13-4-2-3-5-16(13)25/h2-7,10,15H,8-9H2,1H3. The predicted molar refractivity (Wildman–Crippen MR) is 103 cm³/mol. The Morgan fingerprint density at radius 1 is 1.15 bits per heavy atom. The molecule has 7 heteroatoms. The van der Waals surface area contributed by atoms with Crippen LogP contribution < -0.4 is 4.90 Å². The van der Waals surface area contributed by atoms with Crippen LogP contribution >= 0.6 is 15.9 Å². The molecule has 0 spiro atoms. The van der Waals surface area contributed by atoms with Crippen LogP contribution in [0, 0.1) is 12.7 Å². The maximum absolute atomic E-state index is 14.1. The first-order valence-corrected chi connectivity index (χ1v) is 9.36. The van der Waals surface area contributed by atoms with Gasteiger partial charge in [-0.05, 0) is 43.2 Å². The average molecular weight is 412 g/mol. The molecule has 1 aliphatic heterocycles. The molecule has 3 heterocycles. The van der Waals surface area contributed by atoms with Crippen LogP contribution in [0.2, 0.25) is 0 Å². The van der Waals surface area contributed by atoms with Gasteiger partial charge in [0.25, 0.3) is 5.78 Å². The number of nitrogens with zero attached hydrogens (tertiary/aromatic N) is 5. The molecule has 1 unspecified atom stereocenters. The lowest BCUT2D eigenvalue weighted by Gasteiger charge is -2.33. The molecule has 26 heavy (non-hydrogen) atoms. The number of aromatic nitrogens is 4. The van der Waals surface area contributed by atoms with Gasteiger partial charge in [0, 0.05) is 22.4 Å². The minimum atomic E-state index is -0.283. The lowest BCUT2D eigenvalue weighted by molar-refractivity contribution is 0.629. The summed E-state index contributed by atoms with van der Waals surface area (Å²) in [6, 6.07) is 13.0. The van der Waals surface area contributed by atoms with Crippen molar-refractivity contribution in [2.45, 2.75) is 18.2 Å². The zero-order valence-corrected chi connectivity index (χ0v) is 15.6. The fraction of sp³-hybridized carbons (Fsp3) is 0.211. The molecular weight excluding hydrogens is 397 g/mol. The maximum Gasteiger partial charge on any atom is 0.257 e. The Morgan fingerprint density at radius 2 is 2.00 bits per heavy atom. The summed E-state index contributed by atoms with van der Waals surface area (Å²) in [5.74, 6) is 1.69. The van der Waals surface area contributed by atoms with E-state index in [-0.39, 0.29) is 5.82 Å². The van der Waals surface area contributed by atoms with Gasteiger partial charge in [-0.3, -0.25) is 4.40 Å². The molecule has 0 amide bonds. The van der Waals surface area contributed by atoms with E-state index in [1.165, 1.54) is 11.6 Å². The molecule has 1 aliphatic rings. The molecule has 5 nitrogen and oxygen atoms in total. The molecule has 4 aromatic rings. The van der Waals surface area contributed by atoms with Crippen molar-refractivity contribution in [3.05, 3.63) is 59.7 Å². The summed E-state index contributed by atoms with van der Waals surface area (Å²) in [4.78, 5) is 7.20. The Balaban J connectivity index is 1.84. The van der Waals surface area contributed by atoms with E-state index in [9.17, 15) is 4.39 Å². The van der Waals surface area contributed by atoms with Crippen LogP contribution in [-0.2, 0) is 0 Å². The van der Waals surface area contributed by atoms with Gasteiger partial charge in [0.05, 0.1) is 5.52 Å². The van der Waals surface area contributed by atoms with E-state index in [0.29, 0.717) is 16.4 Å². The van der Waals surface area contributed by atoms with E-state index in [1.54, 1.807) is 12.1 Å². The number of rotatable bonds is 1. The molecule has 2 aromatic heterocycles. The maximum atomic E-state index is 14.1. The first-order chi connectivity index (χ1) is 12.6. The molecule has 1 atom stereocenters. The zero-order chi connectivity index (χ0) is 17.8. The Labute approximate surface area is 157 Å². The second kappa shape index (κ2) is 5.74. The van der Waals surface area contributed by atoms with Gasteiger partial charge in [-0.2, -0.15) is 4.98 Å². The summed E-state index contributed by atoms with van der Waals surface area (Å²) in [5.41, 5.74) is 3.15. The first-order valence-electron chi connectivity index (χ1n) is 8.45. The average Bonchev–Trinajstić information content (AvgIpc) is 3.03. The number of hydrogen-bond donors (Lipinski definition) is 0. The smallest absolute Gasteiger partial charge is 0.257 e. The fourth-order valence-corrected chi connectivity index (χ4v) is 4.28. The molecule has 0 saturated heterocycles. The topological polar surface area (TPSA) is 46.3 Å². The van der Waals surface area contributed by atoms with Crippen LogP contribution in [0.1, 0.15) is 22.6 Å². The summed E-state index contributed by atoms with van der Waals surface area (Å²) in [7, 11) is 0. The van der Waals surface area contributed by atoms with Gasteiger partial charge in [0.15, 0.2) is 0 Å². The highest BCUT2D eigenvalue weighted by molar-refractivity contribution is 9.09. The number of fused-ring (bicyclic) bond motifs is 4. The van der Waals surface area contributed by atoms with Crippen molar-refractivity contribution in [1.82, 2.24) is 19.6 Å². The van der Waals surface area contributed by atoms with Gasteiger partial charge >= 0.3 is 0 Å². The molecular formula is C19H15BrFN5. The summed E-state index contributed by atoms with van der Waals surface area (Å²) in [5, 5.41) is 9.08. The summed E-state index contributed by atoms with van der Waals surface area (Å²) in [6.45, 7) is 2.66. The Kier molecular flexibility index (Phi) is 3.46. The van der Waals surface area contributed by atoms with E-state index in [4.69, 9.17) is 4.98 Å². The van der Waals surface area contributed by atoms with Crippen molar-refractivity contribution in [2.75, 3.05) is 11.4 Å². The quantitative estimate of drug-likeness (QED) is 0.425. The van der Waals surface area contributed by atoms with Gasteiger partial charge < -0.3 is 4.90 Å². The molecule has 0 radical (unpaired) electrons. The van der Waals surface area contributed by atoms with E-state index >= 15 is 0 Å². The molecule has 0 bridgehead atoms. The van der Waals surface area contributed by atoms with Crippen molar-refractivity contribution in [3.8, 4) is 0 Å². The van der Waals surface area contributed by atoms with Crippen LogP contribution in [0.3, 0.4) is 0 Å². The number of anilines is 2. The minimum absolute atomic E-state index is 0.283. The van der Waals surface area contributed by atoms with Crippen LogP contribution in [0.15, 0.2) is 42.5 Å². The highest BCUT2D eigenvalue weighted by Gasteiger charge is 2.27. The largest absolute Gasteiger partial charge is 0.325 e. The van der Waals surface area contributed by atoms with Gasteiger partial charge in [0.1, 0.15) is 17.5 Å². The van der Waals surface area contributed by atoms with Crippen LogP contribution in [0.5, 0.6) is 0 Å². The lowest BCUT2D eigenvalue weighted by atomic mass is 10.0. The van der Waals surface area contributed by atoms with Gasteiger partial charge in [0.2, 0.25) is 0 Å². The number of halogens is 2. The third-order valence-corrected chi connectivity index (χ3v) is 5.83. The monoisotopic (exact) mass is 411 g/mol. The number of aryl methyl sites for hydroxylation is 1. The Hall–Kier alpha value is -2.54. The zero-order valence-electron chi connectivity index (χ0n) is 14.0. The SMILES string of the molecule is Cc1nnc2nc(N3CCC(Br)c4ccccc43)c3cc(F)ccc3n12. The van der Waals surface area contributed by atoms with E-state index in [1.807, 2.05) is 23.5 Å². The second-order valence-electron chi connectivity index (χ2n) is 6.45. The van der Waals surface area contributed by atoms with E-state index in [0.717, 1.165) is 35.4 Å². The van der Waals surface area contributed by atoms with Crippen molar-refractivity contribution in [1.29, 1.82) is 0 Å². The molecule has 0 aliphatic carbocycles. The molecule has 0 fully saturated rings. The Bertz CT molecular complexity index is 1160. The third-order valence-electron chi connectivity index (χ3n) is 4.88. The van der Waals surface area contributed by atoms with Crippen molar-refractivity contribution < 1.29 is 4.39 Å². The highest BCUT2D eigenvalue weighted by atomic mass is 79.9. The van der Waals surface area contributed by atoms with Crippen molar-refractivity contribution >= 4 is 44.1 Å². The molecule has 0 saturated carbocycles. The molecule has 5 rings (SSSR count). The fourth-order valence-electron chi connectivity index (χ4n) is 3.69. The summed E-state index contributed by atoms with van der Waals surface area (Å²) in [6.07, 6.45) is 0.937. The van der Waals surface area contributed by atoms with Gasteiger partial charge in [-0.15, -0.1) is 10.2 Å². The van der Waals surface area contributed by atoms with Gasteiger partial charge in [-0.25, -0.2) is 4.39 Å². The number of hydrogen-bond acceptors (Lipinski definition) is 4. The normalized spacial score (nSPS) is 17.0.